The van der Waals surface area contributed by atoms with E-state index >= 15 is 0 Å². The predicted molar refractivity (Wildman–Crippen MR) is 85.3 cm³/mol. The lowest BCUT2D eigenvalue weighted by atomic mass is 10.0. The maximum atomic E-state index is 12.9. The Hall–Kier alpha value is -1.78. The van der Waals surface area contributed by atoms with Crippen molar-refractivity contribution in [3.05, 3.63) is 0 Å². The number of hydrogen-bond donors (Lipinski definition) is 0. The van der Waals surface area contributed by atoms with Crippen LogP contribution in [-0.2, 0) is 38.1 Å². The molecule has 0 aromatic carbocycles. The fourth-order valence-electron chi connectivity index (χ4n) is 2.33. The van der Waals surface area contributed by atoms with Gasteiger partial charge >= 0.3 is 17.9 Å². The van der Waals surface area contributed by atoms with E-state index in [1.807, 2.05) is 0 Å². The van der Waals surface area contributed by atoms with Crippen LogP contribution in [0.5, 0.6) is 0 Å². The minimum absolute atomic E-state index is 0.0778. The molecule has 0 saturated carbocycles. The van der Waals surface area contributed by atoms with Gasteiger partial charge in [0.25, 0.3) is 0 Å². The van der Waals surface area contributed by atoms with E-state index < -0.39 is 49.3 Å². The number of quaternary nitrogens is 1. The SMILES string of the molecule is CC(=O)O[C@@H]1[C@@H](OC(C)=O)[C@H](OCC[N+](C)(C)CF)OC[C@H]1OC(C)=O. The molecule has 0 bridgehead atoms. The van der Waals surface area contributed by atoms with Gasteiger partial charge in [-0.15, -0.1) is 0 Å². The molecule has 1 saturated heterocycles. The zero-order chi connectivity index (χ0) is 19.9. The molecule has 0 N–H and O–H groups in total. The zero-order valence-electron chi connectivity index (χ0n) is 15.7. The number of carbonyl (C=O) groups is 3. The second-order valence-corrected chi connectivity index (χ2v) is 6.65. The molecule has 9 nitrogen and oxygen atoms in total. The first kappa shape index (κ1) is 22.3. The first-order valence-corrected chi connectivity index (χ1v) is 8.18. The second kappa shape index (κ2) is 9.79. The highest BCUT2D eigenvalue weighted by molar-refractivity contribution is 5.68. The molecule has 0 aliphatic carbocycles. The van der Waals surface area contributed by atoms with E-state index in [2.05, 4.69) is 0 Å². The normalized spacial score (nSPS) is 26.1. The first-order chi connectivity index (χ1) is 12.1. The van der Waals surface area contributed by atoms with Gasteiger partial charge in [0.2, 0.25) is 6.80 Å². The largest absolute Gasteiger partial charge is 0.456 e. The Morgan fingerprint density at radius 3 is 2.04 bits per heavy atom. The van der Waals surface area contributed by atoms with Crippen LogP contribution in [0.1, 0.15) is 20.8 Å². The van der Waals surface area contributed by atoms with Crippen molar-refractivity contribution in [3.8, 4) is 0 Å². The van der Waals surface area contributed by atoms with Crippen molar-refractivity contribution < 1.29 is 46.9 Å². The summed E-state index contributed by atoms with van der Waals surface area (Å²) in [5.41, 5.74) is 0. The molecule has 0 aromatic heterocycles. The number of nitrogens with zero attached hydrogens (tertiary/aromatic N) is 1. The number of hydrogen-bond acceptors (Lipinski definition) is 8. The van der Waals surface area contributed by atoms with E-state index in [9.17, 15) is 18.8 Å². The van der Waals surface area contributed by atoms with Gasteiger partial charge in [-0.05, 0) is 0 Å². The Bertz CT molecular complexity index is 512. The smallest absolute Gasteiger partial charge is 0.303 e. The highest BCUT2D eigenvalue weighted by atomic mass is 19.1. The summed E-state index contributed by atoms with van der Waals surface area (Å²) in [6.45, 7) is 3.33. The van der Waals surface area contributed by atoms with Crippen molar-refractivity contribution in [2.75, 3.05) is 40.7 Å². The van der Waals surface area contributed by atoms with Gasteiger partial charge in [0, 0.05) is 20.8 Å². The Labute approximate surface area is 151 Å². The highest BCUT2D eigenvalue weighted by Gasteiger charge is 2.47. The molecule has 0 aromatic rings. The molecule has 1 rings (SSSR count). The summed E-state index contributed by atoms with van der Waals surface area (Å²) in [6.07, 6.45) is -4.20. The van der Waals surface area contributed by atoms with Crippen LogP contribution < -0.4 is 0 Å². The maximum absolute atomic E-state index is 12.9. The molecule has 0 radical (unpaired) electrons. The number of esters is 3. The Morgan fingerprint density at radius 2 is 1.54 bits per heavy atom. The molecule has 26 heavy (non-hydrogen) atoms. The highest BCUT2D eigenvalue weighted by Crippen LogP contribution is 2.25. The number of halogens is 1. The van der Waals surface area contributed by atoms with Gasteiger partial charge in [-0.25, -0.2) is 0 Å². The summed E-state index contributed by atoms with van der Waals surface area (Å²) in [6, 6.07) is 0. The third-order valence-corrected chi connectivity index (χ3v) is 3.61. The van der Waals surface area contributed by atoms with Crippen LogP contribution >= 0.6 is 0 Å². The number of ether oxygens (including phenoxy) is 5. The van der Waals surface area contributed by atoms with Crippen LogP contribution in [0.4, 0.5) is 4.39 Å². The van der Waals surface area contributed by atoms with Crippen LogP contribution in [0.25, 0.3) is 0 Å². The molecular formula is C16H27FNO8+. The fraction of sp³-hybridized carbons (Fsp3) is 0.812. The molecule has 1 fully saturated rings. The van der Waals surface area contributed by atoms with E-state index in [-0.39, 0.29) is 17.7 Å². The third-order valence-electron chi connectivity index (χ3n) is 3.61. The lowest BCUT2D eigenvalue weighted by molar-refractivity contribution is -0.903. The summed E-state index contributed by atoms with van der Waals surface area (Å²) in [7, 11) is 3.38. The summed E-state index contributed by atoms with van der Waals surface area (Å²) in [5, 5.41) is 0. The van der Waals surface area contributed by atoms with E-state index in [0.29, 0.717) is 6.54 Å². The third kappa shape index (κ3) is 7.22. The van der Waals surface area contributed by atoms with E-state index in [1.54, 1.807) is 14.1 Å². The van der Waals surface area contributed by atoms with Gasteiger partial charge < -0.3 is 28.2 Å². The van der Waals surface area contributed by atoms with Crippen LogP contribution in [0.3, 0.4) is 0 Å². The van der Waals surface area contributed by atoms with Crippen molar-refractivity contribution in [1.29, 1.82) is 0 Å². The van der Waals surface area contributed by atoms with Gasteiger partial charge in [-0.3, -0.25) is 14.4 Å². The predicted octanol–water partition coefficient (Wildman–Crippen LogP) is 0.158. The molecule has 1 heterocycles. The Kier molecular flexibility index (Phi) is 8.38. The summed E-state index contributed by atoms with van der Waals surface area (Å²) >= 11 is 0. The van der Waals surface area contributed by atoms with Gasteiger partial charge in [-0.1, -0.05) is 0 Å². The van der Waals surface area contributed by atoms with Crippen molar-refractivity contribution in [2.45, 2.75) is 45.4 Å². The monoisotopic (exact) mass is 380 g/mol. The topological polar surface area (TPSA) is 97.4 Å². The average Bonchev–Trinajstić information content (AvgIpc) is 2.51. The lowest BCUT2D eigenvalue weighted by Crippen LogP contribution is -2.58. The van der Waals surface area contributed by atoms with Crippen molar-refractivity contribution >= 4 is 17.9 Å². The molecule has 0 unspecified atom stereocenters. The molecule has 10 heteroatoms. The minimum Gasteiger partial charge on any atom is -0.456 e. The fourth-order valence-corrected chi connectivity index (χ4v) is 2.33. The zero-order valence-corrected chi connectivity index (χ0v) is 15.7. The van der Waals surface area contributed by atoms with Gasteiger partial charge in [0.1, 0.15) is 6.54 Å². The van der Waals surface area contributed by atoms with Gasteiger partial charge in [-0.2, -0.15) is 4.39 Å². The molecule has 1 aliphatic heterocycles. The number of alkyl halides is 1. The quantitative estimate of drug-likeness (QED) is 0.254. The van der Waals surface area contributed by atoms with Gasteiger partial charge in [0.15, 0.2) is 24.6 Å². The van der Waals surface area contributed by atoms with Crippen molar-refractivity contribution in [1.82, 2.24) is 0 Å². The van der Waals surface area contributed by atoms with Crippen molar-refractivity contribution in [2.24, 2.45) is 0 Å². The van der Waals surface area contributed by atoms with Crippen LogP contribution in [0.15, 0.2) is 0 Å². The number of rotatable bonds is 8. The Morgan fingerprint density at radius 1 is 1.00 bits per heavy atom. The van der Waals surface area contributed by atoms with E-state index in [4.69, 9.17) is 23.7 Å². The first-order valence-electron chi connectivity index (χ1n) is 8.18. The van der Waals surface area contributed by atoms with Crippen LogP contribution in [-0.4, -0.2) is 87.6 Å². The molecule has 150 valence electrons. The summed E-state index contributed by atoms with van der Waals surface area (Å²) in [5.74, 6) is -1.88. The van der Waals surface area contributed by atoms with E-state index in [1.165, 1.54) is 20.8 Å². The molecule has 4 atom stereocenters. The van der Waals surface area contributed by atoms with Crippen LogP contribution in [0, 0.1) is 0 Å². The average molecular weight is 380 g/mol. The maximum Gasteiger partial charge on any atom is 0.303 e. The van der Waals surface area contributed by atoms with E-state index in [0.717, 1.165) is 0 Å². The molecule has 1 aliphatic rings. The summed E-state index contributed by atoms with van der Waals surface area (Å²) in [4.78, 5) is 34.2. The lowest BCUT2D eigenvalue weighted by Gasteiger charge is -2.40. The molecule has 0 amide bonds. The van der Waals surface area contributed by atoms with Crippen LogP contribution in [0.2, 0.25) is 0 Å². The number of likely N-dealkylation sites (N-methyl/N-ethyl adjacent to an activating group) is 1. The standard InChI is InChI=1S/C16H27FNO8/c1-10(19)24-13-8-23-16(22-7-6-18(4,5)9-17)15(26-12(3)21)14(13)25-11(2)20/h13-16H,6-9H2,1-5H3/q+1/t13-,14+,15-,16-/m1/s1. The van der Waals surface area contributed by atoms with Crippen molar-refractivity contribution in [3.63, 3.8) is 0 Å². The minimum atomic E-state index is -1.13. The Balaban J connectivity index is 2.90. The molecular weight excluding hydrogens is 353 g/mol. The second-order valence-electron chi connectivity index (χ2n) is 6.65. The van der Waals surface area contributed by atoms with Gasteiger partial charge in [0.05, 0.1) is 27.3 Å². The number of carbonyl (C=O) groups excluding carboxylic acids is 3. The molecule has 0 spiro atoms. The summed E-state index contributed by atoms with van der Waals surface area (Å²) < 4.78 is 39.5.